The zero-order valence-corrected chi connectivity index (χ0v) is 16.6. The molecule has 28 heavy (non-hydrogen) atoms. The van der Waals surface area contributed by atoms with E-state index in [0.717, 1.165) is 6.20 Å². The van der Waals surface area contributed by atoms with E-state index in [1.807, 2.05) is 20.8 Å². The largest absolute Gasteiger partial charge is 0.461 e. The Labute approximate surface area is 162 Å². The van der Waals surface area contributed by atoms with Crippen molar-refractivity contribution in [2.24, 2.45) is 0 Å². The Morgan fingerprint density at radius 3 is 2.46 bits per heavy atom. The topological polar surface area (TPSA) is 86.5 Å². The number of aliphatic hydroxyl groups excluding tert-OH is 1. The number of pyridine rings is 1. The van der Waals surface area contributed by atoms with Crippen molar-refractivity contribution in [3.8, 4) is 11.6 Å². The van der Waals surface area contributed by atoms with Gasteiger partial charge in [-0.05, 0) is 34.1 Å². The van der Waals surface area contributed by atoms with Gasteiger partial charge in [0.2, 0.25) is 5.88 Å². The first-order valence-electron chi connectivity index (χ1n) is 8.98. The van der Waals surface area contributed by atoms with E-state index < -0.39 is 30.1 Å². The van der Waals surface area contributed by atoms with E-state index in [2.05, 4.69) is 10.1 Å². The van der Waals surface area contributed by atoms with E-state index in [1.54, 1.807) is 13.8 Å². The summed E-state index contributed by atoms with van der Waals surface area (Å²) in [5, 5.41) is 13.7. The van der Waals surface area contributed by atoms with Gasteiger partial charge in [-0.3, -0.25) is 4.98 Å². The summed E-state index contributed by atoms with van der Waals surface area (Å²) in [6.45, 7) is 8.60. The number of carbonyl (C=O) groups excluding carboxylic acids is 1. The average Bonchev–Trinajstić information content (AvgIpc) is 3.00. The zero-order chi connectivity index (χ0) is 21.1. The van der Waals surface area contributed by atoms with Crippen molar-refractivity contribution in [2.45, 2.75) is 59.6 Å². The molecule has 0 atom stereocenters. The molecular formula is C19H25F2N3O4. The van der Waals surface area contributed by atoms with Gasteiger partial charge in [0.1, 0.15) is 0 Å². The van der Waals surface area contributed by atoms with E-state index >= 15 is 0 Å². The third-order valence-corrected chi connectivity index (χ3v) is 4.02. The summed E-state index contributed by atoms with van der Waals surface area (Å²) in [5.74, 6) is -0.641. The maximum Gasteiger partial charge on any atom is 0.359 e. The molecule has 154 valence electrons. The van der Waals surface area contributed by atoms with Crippen LogP contribution in [0.3, 0.4) is 0 Å². The number of halogens is 2. The molecule has 2 aromatic rings. The summed E-state index contributed by atoms with van der Waals surface area (Å²) in [7, 11) is 0. The molecule has 0 unspecified atom stereocenters. The normalized spacial score (nSPS) is 11.8. The Balaban J connectivity index is 2.67. The number of aromatic nitrogens is 3. The summed E-state index contributed by atoms with van der Waals surface area (Å²) in [6, 6.07) is 0. The van der Waals surface area contributed by atoms with E-state index in [1.165, 1.54) is 10.9 Å². The number of esters is 1. The van der Waals surface area contributed by atoms with Crippen molar-refractivity contribution in [2.75, 3.05) is 6.61 Å². The summed E-state index contributed by atoms with van der Waals surface area (Å²) >= 11 is 0. The van der Waals surface area contributed by atoms with E-state index in [4.69, 9.17) is 9.47 Å². The van der Waals surface area contributed by atoms with Crippen LogP contribution >= 0.6 is 0 Å². The van der Waals surface area contributed by atoms with Gasteiger partial charge in [0, 0.05) is 17.3 Å². The molecule has 0 aliphatic heterocycles. The molecule has 0 aliphatic carbocycles. The van der Waals surface area contributed by atoms with Crippen LogP contribution in [0.25, 0.3) is 0 Å². The summed E-state index contributed by atoms with van der Waals surface area (Å²) in [6.07, 6.45) is -0.179. The first kappa shape index (κ1) is 21.7. The summed E-state index contributed by atoms with van der Waals surface area (Å²) < 4.78 is 39.6. The third kappa shape index (κ3) is 4.30. The second-order valence-corrected chi connectivity index (χ2v) is 7.06. The molecule has 2 rings (SSSR count). The summed E-state index contributed by atoms with van der Waals surface area (Å²) in [4.78, 5) is 16.2. The third-order valence-electron chi connectivity index (χ3n) is 4.02. The molecule has 0 radical (unpaired) electrons. The summed E-state index contributed by atoms with van der Waals surface area (Å²) in [5.41, 5.74) is -0.546. The Bertz CT molecular complexity index is 844. The van der Waals surface area contributed by atoms with Crippen LogP contribution in [0.5, 0.6) is 11.6 Å². The van der Waals surface area contributed by atoms with Gasteiger partial charge in [0.25, 0.3) is 6.43 Å². The number of nitrogens with zero attached hydrogens (tertiary/aromatic N) is 3. The minimum atomic E-state index is -2.87. The van der Waals surface area contributed by atoms with Crippen LogP contribution in [-0.4, -0.2) is 32.4 Å². The monoisotopic (exact) mass is 397 g/mol. The predicted molar refractivity (Wildman–Crippen MR) is 97.7 cm³/mol. The molecule has 0 saturated carbocycles. The van der Waals surface area contributed by atoms with Gasteiger partial charge in [0.15, 0.2) is 11.4 Å². The van der Waals surface area contributed by atoms with Crippen LogP contribution in [0.4, 0.5) is 8.78 Å². The highest BCUT2D eigenvalue weighted by Crippen LogP contribution is 2.38. The quantitative estimate of drug-likeness (QED) is 0.711. The molecule has 9 heteroatoms. The van der Waals surface area contributed by atoms with E-state index in [9.17, 15) is 18.7 Å². The lowest BCUT2D eigenvalue weighted by Gasteiger charge is -2.23. The minimum Gasteiger partial charge on any atom is -0.461 e. The molecule has 2 aromatic heterocycles. The molecule has 0 amide bonds. The molecule has 0 aromatic carbocycles. The maximum atomic E-state index is 13.6. The number of hydrogen-bond acceptors (Lipinski definition) is 6. The van der Waals surface area contributed by atoms with Crippen molar-refractivity contribution in [1.29, 1.82) is 0 Å². The number of alkyl halides is 2. The first-order valence-corrected chi connectivity index (χ1v) is 8.98. The number of ether oxygens (including phenoxy) is 2. The number of rotatable bonds is 7. The maximum absolute atomic E-state index is 13.6. The molecule has 0 spiro atoms. The Morgan fingerprint density at radius 1 is 1.29 bits per heavy atom. The lowest BCUT2D eigenvalue weighted by atomic mass is 10.1. The van der Waals surface area contributed by atoms with Gasteiger partial charge in [0.05, 0.1) is 30.5 Å². The molecular weight excluding hydrogens is 372 g/mol. The fourth-order valence-electron chi connectivity index (χ4n) is 2.73. The SMILES string of the molecule is CCOC(=O)c1nn(C(C)(C)C)c(Oc2cncc(CO)c2C(F)F)c1CC. The van der Waals surface area contributed by atoms with Crippen LogP contribution < -0.4 is 4.74 Å². The van der Waals surface area contributed by atoms with Crippen LogP contribution in [0.1, 0.15) is 68.2 Å². The molecule has 0 saturated heterocycles. The number of carbonyl (C=O) groups is 1. The van der Waals surface area contributed by atoms with Crippen molar-refractivity contribution in [1.82, 2.24) is 14.8 Å². The van der Waals surface area contributed by atoms with E-state index in [-0.39, 0.29) is 29.5 Å². The van der Waals surface area contributed by atoms with Crippen molar-refractivity contribution >= 4 is 5.97 Å². The first-order chi connectivity index (χ1) is 13.1. The average molecular weight is 397 g/mol. The highest BCUT2D eigenvalue weighted by Gasteiger charge is 2.31. The molecule has 2 heterocycles. The highest BCUT2D eigenvalue weighted by atomic mass is 19.3. The van der Waals surface area contributed by atoms with Crippen LogP contribution in [0.15, 0.2) is 12.4 Å². The van der Waals surface area contributed by atoms with Crippen molar-refractivity contribution in [3.05, 3.63) is 34.8 Å². The van der Waals surface area contributed by atoms with Gasteiger partial charge >= 0.3 is 5.97 Å². The smallest absolute Gasteiger partial charge is 0.359 e. The second kappa shape index (κ2) is 8.64. The molecule has 0 bridgehead atoms. The van der Waals surface area contributed by atoms with Crippen LogP contribution in [-0.2, 0) is 23.3 Å². The minimum absolute atomic E-state index is 0.0296. The standard InChI is InChI=1S/C19H25F2N3O4/c1-6-12-15(18(26)27-7-2)23-24(19(3,4)5)17(12)28-13-9-22-8-11(10-25)14(13)16(20)21/h8-9,16,25H,6-7,10H2,1-5H3. The predicted octanol–water partition coefficient (Wildman–Crippen LogP) is 3.99. The second-order valence-electron chi connectivity index (χ2n) is 7.06. The Morgan fingerprint density at radius 2 is 1.96 bits per heavy atom. The van der Waals surface area contributed by atoms with Gasteiger partial charge in [-0.1, -0.05) is 6.92 Å². The van der Waals surface area contributed by atoms with Crippen LogP contribution in [0.2, 0.25) is 0 Å². The van der Waals surface area contributed by atoms with Crippen molar-refractivity contribution in [3.63, 3.8) is 0 Å². The number of aliphatic hydroxyl groups is 1. The van der Waals surface area contributed by atoms with Gasteiger partial charge in [-0.15, -0.1) is 0 Å². The van der Waals surface area contributed by atoms with Crippen molar-refractivity contribution < 1.29 is 28.2 Å². The molecule has 1 N–H and O–H groups in total. The molecule has 7 nitrogen and oxygen atoms in total. The van der Waals surface area contributed by atoms with E-state index in [0.29, 0.717) is 12.0 Å². The Kier molecular flexibility index (Phi) is 6.71. The number of hydrogen-bond donors (Lipinski definition) is 1. The Hall–Kier alpha value is -2.55. The van der Waals surface area contributed by atoms with Crippen LogP contribution in [0, 0.1) is 0 Å². The zero-order valence-electron chi connectivity index (χ0n) is 16.6. The highest BCUT2D eigenvalue weighted by molar-refractivity contribution is 5.89. The lowest BCUT2D eigenvalue weighted by Crippen LogP contribution is -2.24. The lowest BCUT2D eigenvalue weighted by molar-refractivity contribution is 0.0516. The fourth-order valence-corrected chi connectivity index (χ4v) is 2.73. The fraction of sp³-hybridized carbons (Fsp3) is 0.526. The molecule has 0 fully saturated rings. The van der Waals surface area contributed by atoms with Gasteiger partial charge in [-0.2, -0.15) is 5.10 Å². The molecule has 0 aliphatic rings. The van der Waals surface area contributed by atoms with Gasteiger partial charge in [-0.25, -0.2) is 18.3 Å². The van der Waals surface area contributed by atoms with Gasteiger partial charge < -0.3 is 14.6 Å².